The highest BCUT2D eigenvalue weighted by atomic mass is 35.5. The Bertz CT molecular complexity index is 449. The van der Waals surface area contributed by atoms with Gasteiger partial charge < -0.3 is 21.9 Å². The van der Waals surface area contributed by atoms with Gasteiger partial charge in [0.25, 0.3) is 5.69 Å². The van der Waals surface area contributed by atoms with Crippen LogP contribution in [0, 0.1) is 6.92 Å². The highest BCUT2D eigenvalue weighted by molar-refractivity contribution is 5.64. The molecule has 2 rings (SSSR count). The van der Waals surface area contributed by atoms with Crippen LogP contribution < -0.4 is 17.3 Å². The maximum absolute atomic E-state index is 5.17. The first-order chi connectivity index (χ1) is 8.76. The number of ether oxygens (including phenoxy) is 2. The second-order valence-corrected chi connectivity index (χ2v) is 4.60. The molecular weight excluding hydrogens is 264 g/mol. The zero-order valence-electron chi connectivity index (χ0n) is 11.8. The maximum Gasteiger partial charge on any atom is 0.336 e. The first-order valence-corrected chi connectivity index (χ1v) is 6.32. The van der Waals surface area contributed by atoms with E-state index in [0.717, 1.165) is 26.3 Å². The van der Waals surface area contributed by atoms with Gasteiger partial charge in [-0.1, -0.05) is 6.07 Å². The van der Waals surface area contributed by atoms with Crippen molar-refractivity contribution in [2.45, 2.75) is 6.92 Å². The second kappa shape index (κ2) is 7.60. The minimum absolute atomic E-state index is 0. The van der Waals surface area contributed by atoms with E-state index < -0.39 is 0 Å². The Morgan fingerprint density at radius 2 is 1.89 bits per heavy atom. The Kier molecular flexibility index (Phi) is 6.45. The summed E-state index contributed by atoms with van der Waals surface area (Å²) in [5.74, 6) is 0. The van der Waals surface area contributed by atoms with Crippen molar-refractivity contribution >= 4 is 17.7 Å². The summed E-state index contributed by atoms with van der Waals surface area (Å²) >= 11 is 0. The fourth-order valence-corrected chi connectivity index (χ4v) is 2.26. The van der Waals surface area contributed by atoms with Crippen LogP contribution in [0.4, 0.5) is 11.4 Å². The predicted octanol–water partition coefficient (Wildman–Crippen LogP) is -2.51. The van der Waals surface area contributed by atoms with E-state index in [9.17, 15) is 0 Å². The molecule has 1 unspecified atom stereocenters. The normalized spacial score (nSPS) is 16.8. The van der Waals surface area contributed by atoms with Crippen LogP contribution in [-0.4, -0.2) is 51.4 Å². The lowest BCUT2D eigenvalue weighted by Gasteiger charge is -2.05. The molecule has 4 nitrogen and oxygen atoms in total. The third-order valence-electron chi connectivity index (χ3n) is 3.23. The van der Waals surface area contributed by atoms with Crippen LogP contribution in [0.1, 0.15) is 5.56 Å². The molecule has 19 heavy (non-hydrogen) atoms. The molecule has 0 aliphatic carbocycles. The summed E-state index contributed by atoms with van der Waals surface area (Å²) in [6.07, 6.45) is 2.22. The number of aryl methyl sites for hydroxylation is 1. The molecule has 0 amide bonds. The molecule has 0 radical (unpaired) electrons. The number of hydrogen-bond donors (Lipinski definition) is 1. The number of nitrogens with one attached hydrogen (secondary N) is 1. The van der Waals surface area contributed by atoms with Crippen LogP contribution in [0.25, 0.3) is 0 Å². The highest BCUT2D eigenvalue weighted by Crippen LogP contribution is 2.24. The smallest absolute Gasteiger partial charge is 0.336 e. The Morgan fingerprint density at radius 1 is 1.16 bits per heavy atom. The minimum atomic E-state index is 0. The Balaban J connectivity index is 0.00000180. The number of nitrogens with zero attached hydrogens (tertiary/aromatic N) is 1. The lowest BCUT2D eigenvalue weighted by molar-refractivity contribution is -0.735. The van der Waals surface area contributed by atoms with E-state index in [0.29, 0.717) is 0 Å². The molecule has 1 heterocycles. The SMILES string of the molecule is COCC[N+]1=C[NH+](CCOC)c2ccc(C)cc21.[Cl-]. The molecule has 1 aliphatic heterocycles. The second-order valence-electron chi connectivity index (χ2n) is 4.60. The summed E-state index contributed by atoms with van der Waals surface area (Å²) < 4.78 is 12.6. The zero-order valence-corrected chi connectivity index (χ0v) is 12.5. The zero-order chi connectivity index (χ0) is 13.0. The van der Waals surface area contributed by atoms with Crippen LogP contribution in [-0.2, 0) is 9.47 Å². The van der Waals surface area contributed by atoms with Gasteiger partial charge in [-0.25, -0.2) is 4.90 Å². The third-order valence-corrected chi connectivity index (χ3v) is 3.23. The summed E-state index contributed by atoms with van der Waals surface area (Å²) in [7, 11) is 3.48. The molecule has 1 aliphatic rings. The van der Waals surface area contributed by atoms with E-state index in [-0.39, 0.29) is 12.4 Å². The maximum atomic E-state index is 5.17. The average Bonchev–Trinajstić information content (AvgIpc) is 2.71. The molecule has 106 valence electrons. The first kappa shape index (κ1) is 16.1. The standard InChI is InChI=1S/C14H21N2O2.ClH/c1-12-4-5-13-14(10-12)16(7-9-18-3)11-15(13)6-8-17-2;/h4-5,10-11H,6-9H2,1-3H3;1H/q+1;. The summed E-state index contributed by atoms with van der Waals surface area (Å²) in [6.45, 7) is 5.47. The van der Waals surface area contributed by atoms with Gasteiger partial charge in [-0.2, -0.15) is 0 Å². The highest BCUT2D eigenvalue weighted by Gasteiger charge is 2.32. The largest absolute Gasteiger partial charge is 1.00 e. The van der Waals surface area contributed by atoms with Crippen LogP contribution >= 0.6 is 0 Å². The van der Waals surface area contributed by atoms with E-state index in [2.05, 4.69) is 36.0 Å². The van der Waals surface area contributed by atoms with E-state index >= 15 is 0 Å². The molecule has 5 heteroatoms. The molecule has 0 spiro atoms. The van der Waals surface area contributed by atoms with Crippen LogP contribution in [0.2, 0.25) is 0 Å². The van der Waals surface area contributed by atoms with Crippen LogP contribution in [0.5, 0.6) is 0 Å². The lowest BCUT2D eigenvalue weighted by Crippen LogP contribution is -3.06. The molecule has 0 saturated heterocycles. The predicted molar refractivity (Wildman–Crippen MR) is 71.3 cm³/mol. The van der Waals surface area contributed by atoms with Gasteiger partial charge in [0.15, 0.2) is 6.54 Å². The molecule has 0 aromatic heterocycles. The molecule has 1 atom stereocenters. The van der Waals surface area contributed by atoms with Gasteiger partial charge in [0.1, 0.15) is 13.2 Å². The summed E-state index contributed by atoms with van der Waals surface area (Å²) in [4.78, 5) is 1.35. The Morgan fingerprint density at radius 3 is 2.58 bits per heavy atom. The summed E-state index contributed by atoms with van der Waals surface area (Å²) in [6, 6.07) is 6.61. The number of hydrogen-bond acceptors (Lipinski definition) is 2. The average molecular weight is 286 g/mol. The quantitative estimate of drug-likeness (QED) is 0.585. The number of halogens is 1. The fraction of sp³-hybridized carbons (Fsp3) is 0.500. The Labute approximate surface area is 121 Å². The van der Waals surface area contributed by atoms with Crippen molar-refractivity contribution in [1.29, 1.82) is 0 Å². The molecule has 0 saturated carbocycles. The van der Waals surface area contributed by atoms with Crippen molar-refractivity contribution in [2.24, 2.45) is 0 Å². The van der Waals surface area contributed by atoms with Gasteiger partial charge in [-0.3, -0.25) is 0 Å². The topological polar surface area (TPSA) is 25.9 Å². The van der Waals surface area contributed by atoms with Crippen molar-refractivity contribution in [1.82, 2.24) is 0 Å². The van der Waals surface area contributed by atoms with E-state index in [1.165, 1.54) is 21.8 Å². The van der Waals surface area contributed by atoms with Gasteiger partial charge in [-0.15, -0.1) is 4.58 Å². The van der Waals surface area contributed by atoms with Crippen molar-refractivity contribution in [3.8, 4) is 0 Å². The van der Waals surface area contributed by atoms with E-state index in [1.807, 2.05) is 0 Å². The number of rotatable bonds is 6. The molecular formula is C14H22ClN2O2+. The van der Waals surface area contributed by atoms with Gasteiger partial charge in [0.05, 0.1) is 6.61 Å². The van der Waals surface area contributed by atoms with Crippen molar-refractivity contribution in [2.75, 3.05) is 40.5 Å². The van der Waals surface area contributed by atoms with Crippen molar-refractivity contribution < 1.29 is 31.4 Å². The number of benzene rings is 1. The molecule has 0 fully saturated rings. The van der Waals surface area contributed by atoms with Crippen molar-refractivity contribution in [3.05, 3.63) is 23.8 Å². The van der Waals surface area contributed by atoms with Crippen LogP contribution in [0.3, 0.4) is 0 Å². The first-order valence-electron chi connectivity index (χ1n) is 6.32. The van der Waals surface area contributed by atoms with E-state index in [4.69, 9.17) is 9.47 Å². The van der Waals surface area contributed by atoms with Gasteiger partial charge >= 0.3 is 6.34 Å². The molecule has 1 aromatic rings. The van der Waals surface area contributed by atoms with Crippen molar-refractivity contribution in [3.63, 3.8) is 0 Å². The van der Waals surface area contributed by atoms with Gasteiger partial charge in [0, 0.05) is 26.4 Å². The number of methoxy groups -OCH3 is 2. The number of fused-ring (bicyclic) bond motifs is 1. The van der Waals surface area contributed by atoms with E-state index in [1.54, 1.807) is 14.2 Å². The Hall–Kier alpha value is -0.940. The van der Waals surface area contributed by atoms with Crippen LogP contribution in [0.15, 0.2) is 18.2 Å². The van der Waals surface area contributed by atoms with Gasteiger partial charge in [-0.05, 0) is 12.5 Å². The minimum Gasteiger partial charge on any atom is -1.00 e. The fourth-order valence-electron chi connectivity index (χ4n) is 2.26. The third kappa shape index (κ3) is 3.76. The van der Waals surface area contributed by atoms with Gasteiger partial charge in [0.2, 0.25) is 5.69 Å². The lowest BCUT2D eigenvalue weighted by atomic mass is 10.2. The number of quaternary nitrogens is 1. The molecule has 0 bridgehead atoms. The summed E-state index contributed by atoms with van der Waals surface area (Å²) in [5.41, 5.74) is 3.91. The monoisotopic (exact) mass is 285 g/mol. The molecule has 1 aromatic carbocycles. The molecule has 1 N–H and O–H groups in total. The summed E-state index contributed by atoms with van der Waals surface area (Å²) in [5, 5.41) is 0.